The quantitative estimate of drug-likeness (QED) is 0.535. The lowest BCUT2D eigenvalue weighted by atomic mass is 10.1. The van der Waals surface area contributed by atoms with Crippen LogP contribution in [-0.2, 0) is 9.59 Å². The molecule has 0 aliphatic carbocycles. The molecule has 2 aliphatic heterocycles. The smallest absolute Gasteiger partial charge is 0.261 e. The van der Waals surface area contributed by atoms with Gasteiger partial charge < -0.3 is 5.32 Å². The maximum absolute atomic E-state index is 13.4. The summed E-state index contributed by atoms with van der Waals surface area (Å²) in [6.45, 7) is 0. The summed E-state index contributed by atoms with van der Waals surface area (Å²) in [6.07, 6.45) is 4.20. The summed E-state index contributed by atoms with van der Waals surface area (Å²) in [5.74, 6) is 0.486. The van der Waals surface area contributed by atoms with Crippen molar-refractivity contribution in [3.8, 4) is 5.82 Å². The van der Waals surface area contributed by atoms with Crippen LogP contribution >= 0.6 is 11.8 Å². The zero-order valence-electron chi connectivity index (χ0n) is 16.4. The number of hydrogen-bond donors (Lipinski definition) is 1. The summed E-state index contributed by atoms with van der Waals surface area (Å²) in [7, 11) is 0. The normalized spacial score (nSPS) is 19.5. The Morgan fingerprint density at radius 1 is 1.03 bits per heavy atom. The first-order valence-corrected chi connectivity index (χ1v) is 10.8. The molecule has 1 N–H and O–H groups in total. The van der Waals surface area contributed by atoms with Crippen molar-refractivity contribution in [1.29, 1.82) is 0 Å². The van der Waals surface area contributed by atoms with Crippen molar-refractivity contribution >= 4 is 46.0 Å². The topological polar surface area (TPSA) is 80.1 Å². The van der Waals surface area contributed by atoms with Gasteiger partial charge in [0.15, 0.2) is 4.87 Å². The van der Waals surface area contributed by atoms with E-state index in [0.29, 0.717) is 24.3 Å². The van der Waals surface area contributed by atoms with Gasteiger partial charge in [0.05, 0.1) is 28.6 Å². The number of anilines is 2. The number of hydrogen-bond acceptors (Lipinski definition) is 5. The molecule has 8 heteroatoms. The maximum Gasteiger partial charge on any atom is 0.261 e. The molecule has 1 atom stereocenters. The number of para-hydroxylation sites is 3. The van der Waals surface area contributed by atoms with Crippen molar-refractivity contribution < 1.29 is 9.59 Å². The molecule has 0 radical (unpaired) electrons. The van der Waals surface area contributed by atoms with Crippen LogP contribution in [0.1, 0.15) is 12.8 Å². The highest BCUT2D eigenvalue weighted by Crippen LogP contribution is 2.56. The van der Waals surface area contributed by atoms with Crippen LogP contribution in [0.4, 0.5) is 11.4 Å². The molecule has 31 heavy (non-hydrogen) atoms. The number of aromatic nitrogens is 3. The lowest BCUT2D eigenvalue weighted by Crippen LogP contribution is -2.49. The minimum atomic E-state index is -0.944. The Morgan fingerprint density at radius 2 is 1.87 bits per heavy atom. The molecule has 0 saturated carbocycles. The van der Waals surface area contributed by atoms with Gasteiger partial charge in [-0.15, -0.1) is 0 Å². The Labute approximate surface area is 182 Å². The van der Waals surface area contributed by atoms with Crippen LogP contribution in [-0.4, -0.2) is 31.2 Å². The van der Waals surface area contributed by atoms with Crippen molar-refractivity contribution in [1.82, 2.24) is 14.5 Å². The van der Waals surface area contributed by atoms with Gasteiger partial charge in [-0.3, -0.25) is 19.1 Å². The molecular weight excluding hydrogens is 410 g/mol. The van der Waals surface area contributed by atoms with Gasteiger partial charge in [0, 0.05) is 11.3 Å². The number of thioether (sulfide) groups is 1. The highest BCUT2D eigenvalue weighted by Gasteiger charge is 2.57. The molecule has 152 valence electrons. The summed E-state index contributed by atoms with van der Waals surface area (Å²) < 4.78 is 1.90. The summed E-state index contributed by atoms with van der Waals surface area (Å²) in [5, 5.41) is 2.97. The van der Waals surface area contributed by atoms with E-state index in [1.54, 1.807) is 17.4 Å². The van der Waals surface area contributed by atoms with E-state index >= 15 is 0 Å². The second-order valence-corrected chi connectivity index (χ2v) is 8.87. The van der Waals surface area contributed by atoms with E-state index < -0.39 is 4.87 Å². The highest BCUT2D eigenvalue weighted by molar-refractivity contribution is 8.02. The number of fused-ring (bicyclic) bond motifs is 4. The summed E-state index contributed by atoms with van der Waals surface area (Å²) in [6, 6.07) is 19.2. The predicted molar refractivity (Wildman–Crippen MR) is 119 cm³/mol. The van der Waals surface area contributed by atoms with Gasteiger partial charge in [-0.1, -0.05) is 36.0 Å². The molecule has 2 aromatic carbocycles. The molecule has 2 aromatic heterocycles. The number of rotatable bonds is 3. The van der Waals surface area contributed by atoms with E-state index in [-0.39, 0.29) is 11.8 Å². The average molecular weight is 427 g/mol. The highest BCUT2D eigenvalue weighted by atomic mass is 32.2. The van der Waals surface area contributed by atoms with E-state index in [9.17, 15) is 9.59 Å². The van der Waals surface area contributed by atoms with Crippen LogP contribution in [0.2, 0.25) is 0 Å². The number of nitrogens with one attached hydrogen (secondary N) is 1. The van der Waals surface area contributed by atoms with Crippen LogP contribution in [0.15, 0.2) is 78.1 Å². The molecule has 4 aromatic rings. The third-order valence-corrected chi connectivity index (χ3v) is 7.21. The largest absolute Gasteiger partial charge is 0.322 e. The molecule has 2 amide bonds. The standard InChI is InChI=1S/C23H17N5O2S/c29-21-11-12-23(28(21)18-7-3-4-8-19(18)31-23)22(30)26-15-9-10-20(24-13-15)27-14-25-16-5-1-2-6-17(16)27/h1-10,13-14H,11-12H2,(H,26,30)/t23-/m0/s1. The van der Waals surface area contributed by atoms with E-state index in [4.69, 9.17) is 0 Å². The third kappa shape index (κ3) is 2.68. The van der Waals surface area contributed by atoms with Crippen LogP contribution in [0.3, 0.4) is 0 Å². The molecule has 4 heterocycles. The van der Waals surface area contributed by atoms with Crippen molar-refractivity contribution in [3.05, 3.63) is 73.2 Å². The zero-order chi connectivity index (χ0) is 21.0. The van der Waals surface area contributed by atoms with E-state index in [0.717, 1.165) is 21.6 Å². The Bertz CT molecular complexity index is 1350. The van der Waals surface area contributed by atoms with Crippen molar-refractivity contribution in [3.63, 3.8) is 0 Å². The molecule has 0 unspecified atom stereocenters. The Balaban J connectivity index is 1.28. The fourth-order valence-electron chi connectivity index (χ4n) is 4.27. The third-order valence-electron chi connectivity index (χ3n) is 5.73. The first kappa shape index (κ1) is 18.1. The van der Waals surface area contributed by atoms with Gasteiger partial charge in [0.25, 0.3) is 5.91 Å². The van der Waals surface area contributed by atoms with Gasteiger partial charge >= 0.3 is 0 Å². The van der Waals surface area contributed by atoms with Crippen LogP contribution in [0, 0.1) is 0 Å². The minimum Gasteiger partial charge on any atom is -0.322 e. The van der Waals surface area contributed by atoms with Crippen molar-refractivity contribution in [2.75, 3.05) is 10.2 Å². The van der Waals surface area contributed by atoms with Gasteiger partial charge in [-0.25, -0.2) is 9.97 Å². The van der Waals surface area contributed by atoms with Gasteiger partial charge in [-0.05, 0) is 42.8 Å². The molecule has 1 fully saturated rings. The van der Waals surface area contributed by atoms with E-state index in [1.165, 1.54) is 11.8 Å². The molecule has 0 bridgehead atoms. The second-order valence-electron chi connectivity index (χ2n) is 7.55. The van der Waals surface area contributed by atoms with Crippen LogP contribution in [0.5, 0.6) is 0 Å². The molecule has 6 rings (SSSR count). The molecule has 7 nitrogen and oxygen atoms in total. The van der Waals surface area contributed by atoms with Crippen LogP contribution in [0.25, 0.3) is 16.9 Å². The van der Waals surface area contributed by atoms with Crippen LogP contribution < -0.4 is 10.2 Å². The van der Waals surface area contributed by atoms with Gasteiger partial charge in [-0.2, -0.15) is 0 Å². The zero-order valence-corrected chi connectivity index (χ0v) is 17.2. The average Bonchev–Trinajstić information content (AvgIpc) is 3.47. The Kier molecular flexibility index (Phi) is 3.91. The lowest BCUT2D eigenvalue weighted by Gasteiger charge is -2.29. The molecular formula is C23H17N5O2S. The Hall–Kier alpha value is -3.65. The van der Waals surface area contributed by atoms with Gasteiger partial charge in [0.2, 0.25) is 5.91 Å². The summed E-state index contributed by atoms with van der Waals surface area (Å²) >= 11 is 1.45. The second kappa shape index (κ2) is 6.68. The predicted octanol–water partition coefficient (Wildman–Crippen LogP) is 3.99. The number of pyridine rings is 1. The van der Waals surface area contributed by atoms with Crippen molar-refractivity contribution in [2.45, 2.75) is 22.6 Å². The monoisotopic (exact) mass is 427 g/mol. The number of nitrogens with zero attached hydrogens (tertiary/aromatic N) is 4. The SMILES string of the molecule is O=C1CC[C@@]2(C(=O)Nc3ccc(-n4cnc5ccccc54)nc3)Sc3ccccc3N12. The molecule has 0 spiro atoms. The first-order chi connectivity index (χ1) is 15.2. The number of carbonyl (C=O) groups is 2. The van der Waals surface area contributed by atoms with Crippen molar-refractivity contribution in [2.24, 2.45) is 0 Å². The number of carbonyl (C=O) groups excluding carboxylic acids is 2. The number of amides is 2. The lowest BCUT2D eigenvalue weighted by molar-refractivity contribution is -0.121. The minimum absolute atomic E-state index is 0.0203. The Morgan fingerprint density at radius 3 is 2.74 bits per heavy atom. The summed E-state index contributed by atoms with van der Waals surface area (Å²) in [5.41, 5.74) is 3.25. The number of imidazole rings is 1. The van der Waals surface area contributed by atoms with E-state index in [1.807, 2.05) is 65.2 Å². The molecule has 2 aliphatic rings. The fourth-order valence-corrected chi connectivity index (χ4v) is 5.69. The maximum atomic E-state index is 13.4. The fraction of sp³-hybridized carbons (Fsp3) is 0.130. The van der Waals surface area contributed by atoms with Gasteiger partial charge in [0.1, 0.15) is 12.1 Å². The first-order valence-electron chi connectivity index (χ1n) is 9.97. The number of benzene rings is 2. The molecule has 1 saturated heterocycles. The van der Waals surface area contributed by atoms with E-state index in [2.05, 4.69) is 15.3 Å². The summed E-state index contributed by atoms with van der Waals surface area (Å²) in [4.78, 5) is 36.5.